The fourth-order valence-electron chi connectivity index (χ4n) is 2.70. The second-order valence-corrected chi connectivity index (χ2v) is 6.51. The zero-order valence-electron chi connectivity index (χ0n) is 12.4. The lowest BCUT2D eigenvalue weighted by Crippen LogP contribution is -2.20. The quantitative estimate of drug-likeness (QED) is 0.547. The summed E-state index contributed by atoms with van der Waals surface area (Å²) in [6, 6.07) is 13.6. The first kappa shape index (κ1) is 14.2. The van der Waals surface area contributed by atoms with Crippen molar-refractivity contribution in [3.05, 3.63) is 74.0 Å². The third-order valence-corrected chi connectivity index (χ3v) is 4.41. The summed E-state index contributed by atoms with van der Waals surface area (Å²) in [6.07, 6.45) is 0.537. The SMILES string of the molecule is Cc1ccc2c(c1)Cc1c(nc(-c3ccc(Br)cc3)[nH]c1=O)O2. The van der Waals surface area contributed by atoms with Crippen molar-refractivity contribution in [1.29, 1.82) is 0 Å². The van der Waals surface area contributed by atoms with Gasteiger partial charge in [-0.2, -0.15) is 4.98 Å². The summed E-state index contributed by atoms with van der Waals surface area (Å²) in [5.41, 5.74) is 3.42. The maximum absolute atomic E-state index is 12.4. The van der Waals surface area contributed by atoms with Crippen LogP contribution in [0.1, 0.15) is 16.7 Å². The molecule has 0 aliphatic carbocycles. The lowest BCUT2D eigenvalue weighted by Gasteiger charge is -2.19. The van der Waals surface area contributed by atoms with Crippen LogP contribution in [0, 0.1) is 6.92 Å². The van der Waals surface area contributed by atoms with Gasteiger partial charge in [0.1, 0.15) is 11.6 Å². The maximum atomic E-state index is 12.4. The molecule has 0 unspecified atom stereocenters. The van der Waals surface area contributed by atoms with E-state index in [4.69, 9.17) is 4.74 Å². The van der Waals surface area contributed by atoms with Crippen molar-refractivity contribution in [2.75, 3.05) is 0 Å². The van der Waals surface area contributed by atoms with Gasteiger partial charge in [-0.1, -0.05) is 45.8 Å². The average molecular weight is 369 g/mol. The third-order valence-electron chi connectivity index (χ3n) is 3.89. The lowest BCUT2D eigenvalue weighted by atomic mass is 10.0. The van der Waals surface area contributed by atoms with E-state index in [0.717, 1.165) is 26.9 Å². The number of nitrogens with one attached hydrogen (secondary N) is 1. The molecule has 0 amide bonds. The second-order valence-electron chi connectivity index (χ2n) is 5.60. The van der Waals surface area contributed by atoms with E-state index >= 15 is 0 Å². The molecule has 3 aromatic rings. The average Bonchev–Trinajstić information content (AvgIpc) is 2.54. The molecule has 23 heavy (non-hydrogen) atoms. The number of H-pyrrole nitrogens is 1. The molecule has 4 rings (SSSR count). The minimum Gasteiger partial charge on any atom is -0.438 e. The Morgan fingerprint density at radius 2 is 1.96 bits per heavy atom. The highest BCUT2D eigenvalue weighted by atomic mass is 79.9. The van der Waals surface area contributed by atoms with Gasteiger partial charge in [0.25, 0.3) is 5.56 Å². The number of aromatic nitrogens is 2. The smallest absolute Gasteiger partial charge is 0.258 e. The topological polar surface area (TPSA) is 55.0 Å². The van der Waals surface area contributed by atoms with Crippen molar-refractivity contribution in [2.45, 2.75) is 13.3 Å². The van der Waals surface area contributed by atoms with Crippen molar-refractivity contribution in [3.63, 3.8) is 0 Å². The number of benzene rings is 2. The van der Waals surface area contributed by atoms with Crippen LogP contribution in [0.3, 0.4) is 0 Å². The number of aromatic amines is 1. The first-order valence-electron chi connectivity index (χ1n) is 7.27. The molecule has 1 N–H and O–H groups in total. The highest BCUT2D eigenvalue weighted by Gasteiger charge is 2.22. The summed E-state index contributed by atoms with van der Waals surface area (Å²) >= 11 is 3.40. The van der Waals surface area contributed by atoms with E-state index in [1.54, 1.807) is 0 Å². The van der Waals surface area contributed by atoms with E-state index in [1.165, 1.54) is 0 Å². The van der Waals surface area contributed by atoms with Crippen molar-refractivity contribution in [2.24, 2.45) is 0 Å². The van der Waals surface area contributed by atoms with Crippen LogP contribution in [0.25, 0.3) is 11.4 Å². The Morgan fingerprint density at radius 3 is 2.74 bits per heavy atom. The van der Waals surface area contributed by atoms with Gasteiger partial charge in [-0.25, -0.2) is 0 Å². The zero-order valence-corrected chi connectivity index (χ0v) is 14.0. The minimum atomic E-state index is -0.153. The maximum Gasteiger partial charge on any atom is 0.258 e. The first-order valence-corrected chi connectivity index (χ1v) is 8.06. The van der Waals surface area contributed by atoms with Gasteiger partial charge in [0.2, 0.25) is 5.88 Å². The zero-order chi connectivity index (χ0) is 16.0. The molecule has 0 fully saturated rings. The molecule has 0 saturated heterocycles. The Morgan fingerprint density at radius 1 is 1.17 bits per heavy atom. The fraction of sp³-hybridized carbons (Fsp3) is 0.111. The summed E-state index contributed by atoms with van der Waals surface area (Å²) in [6.45, 7) is 2.02. The third kappa shape index (κ3) is 2.57. The molecule has 0 bridgehead atoms. The molecule has 1 aliphatic rings. The monoisotopic (exact) mass is 368 g/mol. The molecule has 2 heterocycles. The molecule has 0 radical (unpaired) electrons. The van der Waals surface area contributed by atoms with Crippen LogP contribution in [-0.2, 0) is 6.42 Å². The Kier molecular flexibility index (Phi) is 3.31. The lowest BCUT2D eigenvalue weighted by molar-refractivity contribution is 0.438. The van der Waals surface area contributed by atoms with E-state index in [2.05, 4.69) is 25.9 Å². The summed E-state index contributed by atoms with van der Waals surface area (Å²) in [4.78, 5) is 19.8. The number of nitrogens with zero attached hydrogens (tertiary/aromatic N) is 1. The highest BCUT2D eigenvalue weighted by Crippen LogP contribution is 2.34. The molecule has 5 heteroatoms. The Bertz CT molecular complexity index is 962. The van der Waals surface area contributed by atoms with E-state index in [0.29, 0.717) is 23.7 Å². The minimum absolute atomic E-state index is 0.153. The van der Waals surface area contributed by atoms with Gasteiger partial charge in [0.15, 0.2) is 0 Å². The second kappa shape index (κ2) is 5.35. The van der Waals surface area contributed by atoms with Crippen LogP contribution in [0.4, 0.5) is 0 Å². The van der Waals surface area contributed by atoms with Crippen LogP contribution in [0.2, 0.25) is 0 Å². The summed E-state index contributed by atoms with van der Waals surface area (Å²) in [5, 5.41) is 0. The van der Waals surface area contributed by atoms with E-state index < -0.39 is 0 Å². The molecular weight excluding hydrogens is 356 g/mol. The molecule has 4 nitrogen and oxygen atoms in total. The molecular formula is C18H13BrN2O2. The van der Waals surface area contributed by atoms with Crippen molar-refractivity contribution in [3.8, 4) is 23.0 Å². The van der Waals surface area contributed by atoms with Gasteiger partial charge in [-0.3, -0.25) is 4.79 Å². The standard InChI is InChI=1S/C18H13BrN2O2/c1-10-2-7-15-12(8-10)9-14-17(22)20-16(21-18(14)23-15)11-3-5-13(19)6-4-11/h2-8H,9H2,1H3,(H,20,21,22). The Balaban J connectivity index is 1.81. The Labute approximate surface area is 141 Å². The fourth-order valence-corrected chi connectivity index (χ4v) is 2.97. The number of rotatable bonds is 1. The molecule has 0 spiro atoms. The molecule has 1 aromatic heterocycles. The van der Waals surface area contributed by atoms with Gasteiger partial charge < -0.3 is 9.72 Å². The van der Waals surface area contributed by atoms with Crippen LogP contribution in [0.5, 0.6) is 11.6 Å². The molecule has 1 aliphatic heterocycles. The first-order chi connectivity index (χ1) is 11.1. The van der Waals surface area contributed by atoms with Crippen LogP contribution in [0.15, 0.2) is 51.7 Å². The van der Waals surface area contributed by atoms with Crippen LogP contribution < -0.4 is 10.3 Å². The van der Waals surface area contributed by atoms with Crippen molar-refractivity contribution < 1.29 is 4.74 Å². The molecule has 114 valence electrons. The molecule has 2 aromatic carbocycles. The Hall–Kier alpha value is -2.40. The summed E-state index contributed by atoms with van der Waals surface area (Å²) in [5.74, 6) is 1.67. The number of hydrogen-bond acceptors (Lipinski definition) is 3. The van der Waals surface area contributed by atoms with Crippen LogP contribution >= 0.6 is 15.9 Å². The normalized spacial score (nSPS) is 12.3. The van der Waals surface area contributed by atoms with Crippen molar-refractivity contribution >= 4 is 15.9 Å². The molecule has 0 atom stereocenters. The highest BCUT2D eigenvalue weighted by molar-refractivity contribution is 9.10. The van der Waals surface area contributed by atoms with Gasteiger partial charge in [-0.05, 0) is 30.7 Å². The number of hydrogen-bond donors (Lipinski definition) is 1. The predicted octanol–water partition coefficient (Wildman–Crippen LogP) is 4.20. The molecule has 0 saturated carbocycles. The van der Waals surface area contributed by atoms with E-state index in [9.17, 15) is 4.79 Å². The van der Waals surface area contributed by atoms with Gasteiger partial charge in [0.05, 0.1) is 5.56 Å². The van der Waals surface area contributed by atoms with Crippen molar-refractivity contribution in [1.82, 2.24) is 9.97 Å². The largest absolute Gasteiger partial charge is 0.438 e. The number of aryl methyl sites for hydroxylation is 1. The van der Waals surface area contributed by atoms with Gasteiger partial charge >= 0.3 is 0 Å². The summed E-state index contributed by atoms with van der Waals surface area (Å²) < 4.78 is 6.83. The van der Waals surface area contributed by atoms with E-state index in [-0.39, 0.29) is 5.56 Å². The number of halogens is 1. The number of fused-ring (bicyclic) bond motifs is 2. The van der Waals surface area contributed by atoms with Crippen LogP contribution in [-0.4, -0.2) is 9.97 Å². The summed E-state index contributed by atoms with van der Waals surface area (Å²) in [7, 11) is 0. The van der Waals surface area contributed by atoms with Gasteiger partial charge in [0, 0.05) is 16.5 Å². The predicted molar refractivity (Wildman–Crippen MR) is 92.1 cm³/mol. The number of ether oxygens (including phenoxy) is 1. The van der Waals surface area contributed by atoms with Gasteiger partial charge in [-0.15, -0.1) is 0 Å². The van der Waals surface area contributed by atoms with E-state index in [1.807, 2.05) is 49.4 Å².